The number of hydrogen-bond acceptors (Lipinski definition) is 2. The van der Waals surface area contributed by atoms with E-state index in [0.717, 1.165) is 36.6 Å². The molecule has 122 valence electrons. The first-order valence-electron chi connectivity index (χ1n) is 8.04. The number of hydrogen-bond donors (Lipinski definition) is 2. The Balaban J connectivity index is 1.90. The molecule has 2 rings (SSSR count). The van der Waals surface area contributed by atoms with Gasteiger partial charge >= 0.3 is 0 Å². The maximum absolute atomic E-state index is 11.7. The van der Waals surface area contributed by atoms with Gasteiger partial charge in [-0.2, -0.15) is 0 Å². The van der Waals surface area contributed by atoms with E-state index >= 15 is 0 Å². The summed E-state index contributed by atoms with van der Waals surface area (Å²) >= 11 is 0. The lowest BCUT2D eigenvalue weighted by atomic mass is 10.1. The van der Waals surface area contributed by atoms with Crippen molar-refractivity contribution in [3.63, 3.8) is 0 Å². The van der Waals surface area contributed by atoms with Crippen LogP contribution in [0.25, 0.3) is 0 Å². The van der Waals surface area contributed by atoms with Crippen LogP contribution in [0, 0.1) is 12.3 Å². The Kier molecular flexibility index (Phi) is 6.49. The molecule has 0 saturated carbocycles. The van der Waals surface area contributed by atoms with Gasteiger partial charge in [0.05, 0.1) is 13.1 Å². The monoisotopic (exact) mass is 312 g/mol. The molecule has 0 unspecified atom stereocenters. The molecule has 5 heteroatoms. The summed E-state index contributed by atoms with van der Waals surface area (Å²) in [5.41, 5.74) is 2.28. The maximum Gasteiger partial charge on any atom is 0.222 e. The molecule has 1 saturated heterocycles. The SMILES string of the molecule is C#CCNC(=NCc1ccc(CN2CCCC2=O)cc1)NCC. The number of terminal acetylenes is 1. The van der Waals surface area contributed by atoms with Crippen molar-refractivity contribution < 1.29 is 4.79 Å². The number of rotatable bonds is 6. The first kappa shape index (κ1) is 16.9. The summed E-state index contributed by atoms with van der Waals surface area (Å²) in [5, 5.41) is 6.22. The lowest BCUT2D eigenvalue weighted by molar-refractivity contribution is -0.128. The van der Waals surface area contributed by atoms with Crippen molar-refractivity contribution in [3.05, 3.63) is 35.4 Å². The summed E-state index contributed by atoms with van der Waals surface area (Å²) in [6.07, 6.45) is 6.91. The van der Waals surface area contributed by atoms with Gasteiger partial charge in [0.1, 0.15) is 0 Å². The van der Waals surface area contributed by atoms with Gasteiger partial charge in [0.2, 0.25) is 5.91 Å². The van der Waals surface area contributed by atoms with Crippen LogP contribution in [0.3, 0.4) is 0 Å². The second-order valence-corrected chi connectivity index (χ2v) is 5.49. The Morgan fingerprint density at radius 1 is 1.30 bits per heavy atom. The zero-order chi connectivity index (χ0) is 16.5. The van der Waals surface area contributed by atoms with Crippen LogP contribution in [0.4, 0.5) is 0 Å². The van der Waals surface area contributed by atoms with Crippen LogP contribution in [0.15, 0.2) is 29.3 Å². The molecule has 5 nitrogen and oxygen atoms in total. The Labute approximate surface area is 138 Å². The summed E-state index contributed by atoms with van der Waals surface area (Å²) in [7, 11) is 0. The molecule has 23 heavy (non-hydrogen) atoms. The van der Waals surface area contributed by atoms with E-state index in [0.29, 0.717) is 26.1 Å². The molecule has 1 aromatic carbocycles. The lowest BCUT2D eigenvalue weighted by Gasteiger charge is -2.15. The highest BCUT2D eigenvalue weighted by atomic mass is 16.2. The minimum Gasteiger partial charge on any atom is -0.357 e. The fourth-order valence-corrected chi connectivity index (χ4v) is 2.49. The van der Waals surface area contributed by atoms with Crippen molar-refractivity contribution in [2.75, 3.05) is 19.6 Å². The third kappa shape index (κ3) is 5.33. The van der Waals surface area contributed by atoms with Gasteiger partial charge in [-0.05, 0) is 24.5 Å². The summed E-state index contributed by atoms with van der Waals surface area (Å²) in [6, 6.07) is 8.25. The van der Waals surface area contributed by atoms with Crippen LogP contribution < -0.4 is 10.6 Å². The number of carbonyl (C=O) groups is 1. The predicted molar refractivity (Wildman–Crippen MR) is 92.7 cm³/mol. The second-order valence-electron chi connectivity index (χ2n) is 5.49. The topological polar surface area (TPSA) is 56.7 Å². The molecule has 0 spiro atoms. The van der Waals surface area contributed by atoms with Crippen LogP contribution in [0.1, 0.15) is 30.9 Å². The van der Waals surface area contributed by atoms with Crippen LogP contribution in [-0.4, -0.2) is 36.4 Å². The lowest BCUT2D eigenvalue weighted by Crippen LogP contribution is -2.37. The average Bonchev–Trinajstić information content (AvgIpc) is 2.96. The van der Waals surface area contributed by atoms with Crippen molar-refractivity contribution in [1.29, 1.82) is 0 Å². The predicted octanol–water partition coefficient (Wildman–Crippen LogP) is 1.50. The highest BCUT2D eigenvalue weighted by Crippen LogP contribution is 2.15. The Hall–Kier alpha value is -2.48. The van der Waals surface area contributed by atoms with Crippen molar-refractivity contribution >= 4 is 11.9 Å². The van der Waals surface area contributed by atoms with Gasteiger partial charge < -0.3 is 15.5 Å². The Morgan fingerprint density at radius 2 is 2.04 bits per heavy atom. The normalized spacial score (nSPS) is 14.7. The molecule has 0 atom stereocenters. The van der Waals surface area contributed by atoms with Crippen LogP contribution in [0.5, 0.6) is 0 Å². The summed E-state index contributed by atoms with van der Waals surface area (Å²) in [6.45, 7) is 5.42. The van der Waals surface area contributed by atoms with E-state index in [1.807, 2.05) is 11.8 Å². The standard InChI is InChI=1S/C18H24N4O/c1-3-11-20-18(19-4-2)21-13-15-7-9-16(10-8-15)14-22-12-5-6-17(22)23/h1,7-10H,4-6,11-14H2,2H3,(H2,19,20,21). The molecule has 1 amide bonds. The quantitative estimate of drug-likeness (QED) is 0.475. The zero-order valence-electron chi connectivity index (χ0n) is 13.6. The van der Waals surface area contributed by atoms with E-state index in [-0.39, 0.29) is 5.91 Å². The third-order valence-corrected chi connectivity index (χ3v) is 3.69. The number of nitrogens with one attached hydrogen (secondary N) is 2. The highest BCUT2D eigenvalue weighted by molar-refractivity contribution is 5.80. The minimum absolute atomic E-state index is 0.258. The molecule has 0 radical (unpaired) electrons. The molecule has 1 heterocycles. The largest absolute Gasteiger partial charge is 0.357 e. The van der Waals surface area contributed by atoms with Gasteiger partial charge in [0, 0.05) is 26.1 Å². The molecule has 0 aliphatic carbocycles. The van der Waals surface area contributed by atoms with Crippen LogP contribution in [0.2, 0.25) is 0 Å². The van der Waals surface area contributed by atoms with Gasteiger partial charge in [0.15, 0.2) is 5.96 Å². The fraction of sp³-hybridized carbons (Fsp3) is 0.444. The molecular weight excluding hydrogens is 288 g/mol. The molecular formula is C18H24N4O. The van der Waals surface area contributed by atoms with Crippen LogP contribution in [-0.2, 0) is 17.9 Å². The number of carbonyl (C=O) groups excluding carboxylic acids is 1. The Morgan fingerprint density at radius 3 is 2.65 bits per heavy atom. The molecule has 1 fully saturated rings. The summed E-state index contributed by atoms with van der Waals surface area (Å²) in [5.74, 6) is 3.51. The number of amides is 1. The third-order valence-electron chi connectivity index (χ3n) is 3.69. The first-order valence-corrected chi connectivity index (χ1v) is 8.04. The van der Waals surface area contributed by atoms with Crippen molar-refractivity contribution in [3.8, 4) is 12.3 Å². The zero-order valence-corrected chi connectivity index (χ0v) is 13.6. The van der Waals surface area contributed by atoms with Crippen molar-refractivity contribution in [2.45, 2.75) is 32.9 Å². The van der Waals surface area contributed by atoms with E-state index in [4.69, 9.17) is 6.42 Å². The van der Waals surface area contributed by atoms with E-state index in [2.05, 4.69) is 45.8 Å². The molecule has 1 aliphatic heterocycles. The molecule has 1 aliphatic rings. The highest BCUT2D eigenvalue weighted by Gasteiger charge is 2.19. The first-order chi connectivity index (χ1) is 11.2. The van der Waals surface area contributed by atoms with E-state index in [1.165, 1.54) is 0 Å². The average molecular weight is 312 g/mol. The number of nitrogens with zero attached hydrogens (tertiary/aromatic N) is 2. The smallest absolute Gasteiger partial charge is 0.222 e. The van der Waals surface area contributed by atoms with Crippen molar-refractivity contribution in [1.82, 2.24) is 15.5 Å². The van der Waals surface area contributed by atoms with Crippen molar-refractivity contribution in [2.24, 2.45) is 4.99 Å². The number of guanidine groups is 1. The minimum atomic E-state index is 0.258. The maximum atomic E-state index is 11.7. The van der Waals surface area contributed by atoms with Gasteiger partial charge in [-0.3, -0.25) is 4.79 Å². The number of aliphatic imine (C=N–C) groups is 1. The van der Waals surface area contributed by atoms with Gasteiger partial charge in [-0.25, -0.2) is 4.99 Å². The number of likely N-dealkylation sites (tertiary alicyclic amines) is 1. The molecule has 0 aromatic heterocycles. The second kappa shape index (κ2) is 8.84. The van der Waals surface area contributed by atoms with Crippen LogP contribution >= 0.6 is 0 Å². The fourth-order valence-electron chi connectivity index (χ4n) is 2.49. The summed E-state index contributed by atoms with van der Waals surface area (Å²) < 4.78 is 0. The van der Waals surface area contributed by atoms with E-state index in [1.54, 1.807) is 0 Å². The van der Waals surface area contributed by atoms with Gasteiger partial charge in [-0.1, -0.05) is 30.2 Å². The molecule has 0 bridgehead atoms. The molecule has 2 N–H and O–H groups in total. The molecule has 1 aromatic rings. The summed E-state index contributed by atoms with van der Waals surface area (Å²) in [4.78, 5) is 18.1. The van der Waals surface area contributed by atoms with Gasteiger partial charge in [0.25, 0.3) is 0 Å². The van der Waals surface area contributed by atoms with E-state index in [9.17, 15) is 4.79 Å². The van der Waals surface area contributed by atoms with Gasteiger partial charge in [-0.15, -0.1) is 6.42 Å². The number of benzene rings is 1. The Bertz CT molecular complexity index is 586. The van der Waals surface area contributed by atoms with E-state index < -0.39 is 0 Å².